The lowest BCUT2D eigenvalue weighted by Gasteiger charge is -2.02. The maximum absolute atomic E-state index is 9.24. The lowest BCUT2D eigenvalue weighted by molar-refractivity contribution is 0.476. The molecule has 3 heteroatoms. The molecule has 0 aliphatic rings. The Balaban J connectivity index is 2.77. The second-order valence-corrected chi connectivity index (χ2v) is 2.87. The van der Waals surface area contributed by atoms with Crippen LogP contribution >= 0.6 is 0 Å². The number of hydrogen-bond acceptors (Lipinski definition) is 3. The topological polar surface area (TPSA) is 59.1 Å². The van der Waals surface area contributed by atoms with Gasteiger partial charge in [0.2, 0.25) is 0 Å². The van der Waals surface area contributed by atoms with Crippen molar-refractivity contribution in [2.24, 2.45) is 5.73 Å². The summed E-state index contributed by atoms with van der Waals surface area (Å²) in [5.41, 5.74) is 6.39. The molecular formula is C10H10N2O. The molecule has 2 aromatic rings. The quantitative estimate of drug-likeness (QED) is 0.687. The van der Waals surface area contributed by atoms with E-state index in [0.29, 0.717) is 6.54 Å². The Morgan fingerprint density at radius 1 is 1.31 bits per heavy atom. The van der Waals surface area contributed by atoms with Gasteiger partial charge >= 0.3 is 0 Å². The molecular weight excluding hydrogens is 164 g/mol. The second kappa shape index (κ2) is 3.03. The summed E-state index contributed by atoms with van der Waals surface area (Å²) in [6.07, 6.45) is 1.70. The minimum atomic E-state index is 0.265. The van der Waals surface area contributed by atoms with Gasteiger partial charge < -0.3 is 10.8 Å². The van der Waals surface area contributed by atoms with Crippen LogP contribution in [-0.4, -0.2) is 10.1 Å². The maximum Gasteiger partial charge on any atom is 0.116 e. The van der Waals surface area contributed by atoms with Crippen molar-refractivity contribution in [3.63, 3.8) is 0 Å². The molecule has 0 fully saturated rings. The molecule has 0 saturated heterocycles. The maximum atomic E-state index is 9.24. The summed E-state index contributed by atoms with van der Waals surface area (Å²) in [4.78, 5) is 4.15. The molecule has 0 atom stereocenters. The molecule has 66 valence electrons. The van der Waals surface area contributed by atoms with E-state index >= 15 is 0 Å². The molecule has 0 spiro atoms. The van der Waals surface area contributed by atoms with E-state index < -0.39 is 0 Å². The van der Waals surface area contributed by atoms with Crippen molar-refractivity contribution in [2.45, 2.75) is 6.54 Å². The molecule has 13 heavy (non-hydrogen) atoms. The van der Waals surface area contributed by atoms with E-state index in [1.54, 1.807) is 18.3 Å². The largest absolute Gasteiger partial charge is 0.508 e. The van der Waals surface area contributed by atoms with Gasteiger partial charge in [-0.1, -0.05) is 0 Å². The molecule has 0 saturated carbocycles. The molecule has 1 aromatic heterocycles. The summed E-state index contributed by atoms with van der Waals surface area (Å²) in [5, 5.41) is 11.2. The molecule has 0 aliphatic heterocycles. The van der Waals surface area contributed by atoms with Gasteiger partial charge in [-0.05, 0) is 29.7 Å². The molecule has 3 N–H and O–H groups in total. The van der Waals surface area contributed by atoms with Crippen LogP contribution in [0, 0.1) is 0 Å². The van der Waals surface area contributed by atoms with Crippen LogP contribution in [0.2, 0.25) is 0 Å². The normalized spacial score (nSPS) is 10.5. The van der Waals surface area contributed by atoms with Crippen molar-refractivity contribution in [2.75, 3.05) is 0 Å². The van der Waals surface area contributed by atoms with Crippen LogP contribution in [0.1, 0.15) is 5.69 Å². The van der Waals surface area contributed by atoms with E-state index in [9.17, 15) is 5.11 Å². The highest BCUT2D eigenvalue weighted by atomic mass is 16.3. The molecule has 0 amide bonds. The predicted octanol–water partition coefficient (Wildman–Crippen LogP) is 1.40. The lowest BCUT2D eigenvalue weighted by Crippen LogP contribution is -1.99. The minimum Gasteiger partial charge on any atom is -0.508 e. The van der Waals surface area contributed by atoms with Crippen molar-refractivity contribution in [1.82, 2.24) is 4.98 Å². The van der Waals surface area contributed by atoms with Crippen LogP contribution in [0.4, 0.5) is 0 Å². The molecule has 0 aliphatic carbocycles. The molecule has 3 nitrogen and oxygen atoms in total. The number of pyridine rings is 1. The first-order valence-electron chi connectivity index (χ1n) is 4.08. The number of nitrogens with zero attached hydrogens (tertiary/aromatic N) is 1. The van der Waals surface area contributed by atoms with Gasteiger partial charge in [-0.25, -0.2) is 0 Å². The monoisotopic (exact) mass is 174 g/mol. The summed E-state index contributed by atoms with van der Waals surface area (Å²) in [6, 6.07) is 7.04. The van der Waals surface area contributed by atoms with Crippen LogP contribution in [0.3, 0.4) is 0 Å². The molecule has 0 radical (unpaired) electrons. The summed E-state index contributed by atoms with van der Waals surface area (Å²) >= 11 is 0. The first-order chi connectivity index (χ1) is 6.31. The van der Waals surface area contributed by atoms with E-state index in [4.69, 9.17) is 5.73 Å². The Bertz CT molecular complexity index is 440. The van der Waals surface area contributed by atoms with Crippen LogP contribution in [0.5, 0.6) is 5.75 Å². The van der Waals surface area contributed by atoms with E-state index in [1.807, 2.05) is 12.1 Å². The Morgan fingerprint density at radius 3 is 2.92 bits per heavy atom. The van der Waals surface area contributed by atoms with E-state index in [-0.39, 0.29) is 5.75 Å². The predicted molar refractivity (Wildman–Crippen MR) is 51.3 cm³/mol. The first-order valence-corrected chi connectivity index (χ1v) is 4.08. The van der Waals surface area contributed by atoms with Crippen LogP contribution in [0.15, 0.2) is 30.5 Å². The fourth-order valence-corrected chi connectivity index (χ4v) is 1.39. The van der Waals surface area contributed by atoms with Gasteiger partial charge in [0.15, 0.2) is 0 Å². The van der Waals surface area contributed by atoms with Crippen molar-refractivity contribution in [1.29, 1.82) is 0 Å². The Morgan fingerprint density at radius 2 is 2.15 bits per heavy atom. The zero-order valence-electron chi connectivity index (χ0n) is 7.07. The Hall–Kier alpha value is -1.61. The van der Waals surface area contributed by atoms with E-state index in [0.717, 1.165) is 16.5 Å². The number of benzene rings is 1. The van der Waals surface area contributed by atoms with Gasteiger partial charge in [0.05, 0.1) is 5.69 Å². The Labute approximate surface area is 75.8 Å². The summed E-state index contributed by atoms with van der Waals surface area (Å²) < 4.78 is 0. The fourth-order valence-electron chi connectivity index (χ4n) is 1.39. The molecule has 2 rings (SSSR count). The SMILES string of the molecule is NCc1nccc2cc(O)ccc12. The summed E-state index contributed by atoms with van der Waals surface area (Å²) in [5.74, 6) is 0.265. The third kappa shape index (κ3) is 1.34. The van der Waals surface area contributed by atoms with Gasteiger partial charge in [-0.3, -0.25) is 4.98 Å². The third-order valence-corrected chi connectivity index (χ3v) is 2.02. The van der Waals surface area contributed by atoms with Crippen molar-refractivity contribution in [3.8, 4) is 5.75 Å². The number of rotatable bonds is 1. The minimum absolute atomic E-state index is 0.265. The highest BCUT2D eigenvalue weighted by Gasteiger charge is 2.00. The van der Waals surface area contributed by atoms with Gasteiger partial charge in [-0.2, -0.15) is 0 Å². The van der Waals surface area contributed by atoms with Gasteiger partial charge in [0.1, 0.15) is 5.75 Å². The fraction of sp³-hybridized carbons (Fsp3) is 0.100. The molecule has 0 bridgehead atoms. The number of hydrogen-bond donors (Lipinski definition) is 2. The second-order valence-electron chi connectivity index (χ2n) is 2.87. The standard InChI is InChI=1S/C10H10N2O/c11-6-10-9-2-1-8(13)5-7(9)3-4-12-10/h1-5,13H,6,11H2. The first kappa shape index (κ1) is 8.01. The highest BCUT2D eigenvalue weighted by molar-refractivity contribution is 5.85. The zero-order valence-corrected chi connectivity index (χ0v) is 7.07. The number of aromatic hydroxyl groups is 1. The number of fused-ring (bicyclic) bond motifs is 1. The van der Waals surface area contributed by atoms with Crippen LogP contribution in [0.25, 0.3) is 10.8 Å². The van der Waals surface area contributed by atoms with Gasteiger partial charge in [-0.15, -0.1) is 0 Å². The van der Waals surface area contributed by atoms with Crippen molar-refractivity contribution < 1.29 is 5.11 Å². The summed E-state index contributed by atoms with van der Waals surface area (Å²) in [6.45, 7) is 0.419. The zero-order chi connectivity index (χ0) is 9.26. The Kier molecular flexibility index (Phi) is 1.87. The van der Waals surface area contributed by atoms with Crippen LogP contribution in [-0.2, 0) is 6.54 Å². The van der Waals surface area contributed by atoms with E-state index in [1.165, 1.54) is 0 Å². The number of phenols is 1. The molecule has 0 unspecified atom stereocenters. The number of aromatic nitrogens is 1. The van der Waals surface area contributed by atoms with Gasteiger partial charge in [0, 0.05) is 18.1 Å². The highest BCUT2D eigenvalue weighted by Crippen LogP contribution is 2.21. The molecule has 1 heterocycles. The average molecular weight is 174 g/mol. The summed E-state index contributed by atoms with van der Waals surface area (Å²) in [7, 11) is 0. The van der Waals surface area contributed by atoms with Crippen molar-refractivity contribution in [3.05, 3.63) is 36.2 Å². The van der Waals surface area contributed by atoms with Gasteiger partial charge in [0.25, 0.3) is 0 Å². The number of nitrogens with two attached hydrogens (primary N) is 1. The lowest BCUT2D eigenvalue weighted by atomic mass is 10.1. The number of phenolic OH excluding ortho intramolecular Hbond substituents is 1. The smallest absolute Gasteiger partial charge is 0.116 e. The molecule has 1 aromatic carbocycles. The third-order valence-electron chi connectivity index (χ3n) is 2.02. The average Bonchev–Trinajstić information content (AvgIpc) is 2.16. The van der Waals surface area contributed by atoms with E-state index in [2.05, 4.69) is 4.98 Å². The van der Waals surface area contributed by atoms with Crippen molar-refractivity contribution >= 4 is 10.8 Å². The van der Waals surface area contributed by atoms with Crippen LogP contribution < -0.4 is 5.73 Å².